The van der Waals surface area contributed by atoms with Gasteiger partial charge in [-0.1, -0.05) is 12.1 Å². The third-order valence-electron chi connectivity index (χ3n) is 2.89. The van der Waals surface area contributed by atoms with Crippen LogP contribution in [0.15, 0.2) is 35.7 Å². The Morgan fingerprint density at radius 3 is 2.63 bits per heavy atom. The van der Waals surface area contributed by atoms with Crippen LogP contribution < -0.4 is 15.2 Å². The summed E-state index contributed by atoms with van der Waals surface area (Å²) in [5.41, 5.74) is 6.93. The number of thiophene rings is 1. The number of hydrogen-bond donors (Lipinski definition) is 1. The topological polar surface area (TPSA) is 44.5 Å². The molecule has 0 saturated heterocycles. The van der Waals surface area contributed by atoms with E-state index in [2.05, 4.69) is 17.5 Å². The number of ether oxygens (including phenoxy) is 2. The first-order chi connectivity index (χ1) is 9.22. The molecule has 2 N–H and O–H groups in total. The Hall–Kier alpha value is -1.52. The summed E-state index contributed by atoms with van der Waals surface area (Å²) in [6.07, 6.45) is 0.910. The smallest absolute Gasteiger partial charge is 0.127 e. The molecule has 0 amide bonds. The van der Waals surface area contributed by atoms with Gasteiger partial charge >= 0.3 is 0 Å². The van der Waals surface area contributed by atoms with Gasteiger partial charge in [0.1, 0.15) is 11.5 Å². The average molecular weight is 277 g/mol. The van der Waals surface area contributed by atoms with Gasteiger partial charge in [0, 0.05) is 17.3 Å². The Morgan fingerprint density at radius 1 is 1.21 bits per heavy atom. The summed E-state index contributed by atoms with van der Waals surface area (Å²) < 4.78 is 11.2. The summed E-state index contributed by atoms with van der Waals surface area (Å²) in [6, 6.07) is 9.82. The van der Waals surface area contributed by atoms with E-state index in [4.69, 9.17) is 15.2 Å². The lowest BCUT2D eigenvalue weighted by Crippen LogP contribution is -2.11. The third-order valence-corrected chi connectivity index (χ3v) is 3.82. The lowest BCUT2D eigenvalue weighted by Gasteiger charge is -2.17. The minimum Gasteiger partial charge on any atom is -0.496 e. The van der Waals surface area contributed by atoms with E-state index < -0.39 is 0 Å². The minimum absolute atomic E-state index is 0.118. The molecular weight excluding hydrogens is 258 g/mol. The first kappa shape index (κ1) is 13.9. The van der Waals surface area contributed by atoms with Crippen LogP contribution in [0.3, 0.4) is 0 Å². The predicted molar refractivity (Wildman–Crippen MR) is 79.1 cm³/mol. The van der Waals surface area contributed by atoms with Crippen molar-refractivity contribution in [1.82, 2.24) is 0 Å². The Labute approximate surface area is 118 Å². The number of rotatable bonds is 6. The first-order valence-corrected chi connectivity index (χ1v) is 7.18. The maximum Gasteiger partial charge on any atom is 0.127 e. The standard InChI is InChI=1S/C15H19NO2S/c1-11(16)15-13(17-2)6-3-7-14(15)18-9-8-12-5-4-10-19-12/h3-7,10-11H,8-9,16H2,1-2H3/t11-/m0/s1. The van der Waals surface area contributed by atoms with Crippen molar-refractivity contribution in [3.05, 3.63) is 46.2 Å². The molecule has 1 heterocycles. The fraction of sp³-hybridized carbons (Fsp3) is 0.333. The van der Waals surface area contributed by atoms with Crippen LogP contribution in [0.4, 0.5) is 0 Å². The van der Waals surface area contributed by atoms with Gasteiger partial charge < -0.3 is 15.2 Å². The molecule has 2 rings (SSSR count). The van der Waals surface area contributed by atoms with E-state index in [-0.39, 0.29) is 6.04 Å². The molecule has 3 nitrogen and oxygen atoms in total. The molecule has 0 aliphatic heterocycles. The van der Waals surface area contributed by atoms with Crippen molar-refractivity contribution >= 4 is 11.3 Å². The molecule has 0 saturated carbocycles. The summed E-state index contributed by atoms with van der Waals surface area (Å²) in [7, 11) is 1.65. The lowest BCUT2D eigenvalue weighted by atomic mass is 10.1. The highest BCUT2D eigenvalue weighted by atomic mass is 32.1. The van der Waals surface area contributed by atoms with E-state index in [0.29, 0.717) is 6.61 Å². The molecule has 0 radical (unpaired) electrons. The van der Waals surface area contributed by atoms with Crippen molar-refractivity contribution in [1.29, 1.82) is 0 Å². The van der Waals surface area contributed by atoms with Gasteiger partial charge in [-0.05, 0) is 30.5 Å². The normalized spacial score (nSPS) is 12.2. The van der Waals surface area contributed by atoms with Crippen molar-refractivity contribution in [3.8, 4) is 11.5 Å². The average Bonchev–Trinajstić information content (AvgIpc) is 2.91. The van der Waals surface area contributed by atoms with Gasteiger partial charge in [-0.25, -0.2) is 0 Å². The van der Waals surface area contributed by atoms with Crippen molar-refractivity contribution in [3.63, 3.8) is 0 Å². The van der Waals surface area contributed by atoms with E-state index in [1.54, 1.807) is 18.4 Å². The zero-order chi connectivity index (χ0) is 13.7. The Bertz CT molecular complexity index is 509. The highest BCUT2D eigenvalue weighted by molar-refractivity contribution is 7.09. The number of nitrogens with two attached hydrogens (primary N) is 1. The monoisotopic (exact) mass is 277 g/mol. The quantitative estimate of drug-likeness (QED) is 0.880. The molecule has 4 heteroatoms. The van der Waals surface area contributed by atoms with Crippen molar-refractivity contribution < 1.29 is 9.47 Å². The van der Waals surface area contributed by atoms with Gasteiger partial charge in [-0.2, -0.15) is 0 Å². The molecule has 0 unspecified atom stereocenters. The fourth-order valence-corrected chi connectivity index (χ4v) is 2.68. The zero-order valence-corrected chi connectivity index (χ0v) is 12.1. The molecule has 2 aromatic rings. The molecule has 0 aliphatic rings. The molecule has 102 valence electrons. The van der Waals surface area contributed by atoms with Crippen molar-refractivity contribution in [2.45, 2.75) is 19.4 Å². The molecule has 0 bridgehead atoms. The van der Waals surface area contributed by atoms with Crippen molar-refractivity contribution in [2.75, 3.05) is 13.7 Å². The molecule has 0 aliphatic carbocycles. The number of hydrogen-bond acceptors (Lipinski definition) is 4. The Balaban J connectivity index is 2.07. The van der Waals surface area contributed by atoms with E-state index in [0.717, 1.165) is 23.5 Å². The second-order valence-electron chi connectivity index (χ2n) is 4.34. The molecule has 1 aromatic carbocycles. The number of methoxy groups -OCH3 is 1. The minimum atomic E-state index is -0.118. The first-order valence-electron chi connectivity index (χ1n) is 6.30. The molecular formula is C15H19NO2S. The summed E-state index contributed by atoms with van der Waals surface area (Å²) in [5.74, 6) is 1.59. The van der Waals surface area contributed by atoms with Crippen LogP contribution in [0, 0.1) is 0 Å². The maximum absolute atomic E-state index is 6.00. The van der Waals surface area contributed by atoms with E-state index in [1.807, 2.05) is 25.1 Å². The van der Waals surface area contributed by atoms with Crippen LogP contribution in [0.5, 0.6) is 11.5 Å². The largest absolute Gasteiger partial charge is 0.496 e. The zero-order valence-electron chi connectivity index (χ0n) is 11.3. The van der Waals surface area contributed by atoms with E-state index in [1.165, 1.54) is 4.88 Å². The molecule has 19 heavy (non-hydrogen) atoms. The van der Waals surface area contributed by atoms with Gasteiger partial charge in [0.2, 0.25) is 0 Å². The summed E-state index contributed by atoms with van der Waals surface area (Å²) in [4.78, 5) is 1.32. The van der Waals surface area contributed by atoms with E-state index >= 15 is 0 Å². The second kappa shape index (κ2) is 6.59. The van der Waals surface area contributed by atoms with Crippen LogP contribution in [-0.4, -0.2) is 13.7 Å². The Morgan fingerprint density at radius 2 is 2.00 bits per heavy atom. The predicted octanol–water partition coefficient (Wildman–Crippen LogP) is 3.40. The number of benzene rings is 1. The summed E-state index contributed by atoms with van der Waals surface area (Å²) >= 11 is 1.75. The fourth-order valence-electron chi connectivity index (χ4n) is 1.99. The van der Waals surface area contributed by atoms with Crippen LogP contribution in [0.25, 0.3) is 0 Å². The third kappa shape index (κ3) is 3.49. The van der Waals surface area contributed by atoms with E-state index in [9.17, 15) is 0 Å². The van der Waals surface area contributed by atoms with Crippen LogP contribution in [0.1, 0.15) is 23.4 Å². The van der Waals surface area contributed by atoms with Gasteiger partial charge in [0.05, 0.1) is 19.3 Å². The van der Waals surface area contributed by atoms with Crippen molar-refractivity contribution in [2.24, 2.45) is 5.73 Å². The molecule has 0 fully saturated rings. The second-order valence-corrected chi connectivity index (χ2v) is 5.37. The lowest BCUT2D eigenvalue weighted by molar-refractivity contribution is 0.313. The molecule has 0 spiro atoms. The highest BCUT2D eigenvalue weighted by Crippen LogP contribution is 2.32. The van der Waals surface area contributed by atoms with Gasteiger partial charge in [-0.15, -0.1) is 11.3 Å². The Kier molecular flexibility index (Phi) is 4.82. The van der Waals surface area contributed by atoms with Gasteiger partial charge in [-0.3, -0.25) is 0 Å². The molecule has 1 aromatic heterocycles. The van der Waals surface area contributed by atoms with Crippen LogP contribution >= 0.6 is 11.3 Å². The maximum atomic E-state index is 6.00. The van der Waals surface area contributed by atoms with Gasteiger partial charge in [0.25, 0.3) is 0 Å². The highest BCUT2D eigenvalue weighted by Gasteiger charge is 2.14. The SMILES string of the molecule is COc1cccc(OCCc2cccs2)c1[C@H](C)N. The summed E-state index contributed by atoms with van der Waals surface area (Å²) in [6.45, 7) is 2.58. The summed E-state index contributed by atoms with van der Waals surface area (Å²) in [5, 5.41) is 2.08. The van der Waals surface area contributed by atoms with Crippen LogP contribution in [-0.2, 0) is 6.42 Å². The molecule has 1 atom stereocenters. The van der Waals surface area contributed by atoms with Gasteiger partial charge in [0.15, 0.2) is 0 Å². The van der Waals surface area contributed by atoms with Crippen LogP contribution in [0.2, 0.25) is 0 Å².